The summed E-state index contributed by atoms with van der Waals surface area (Å²) in [4.78, 5) is 30.5. The van der Waals surface area contributed by atoms with Crippen LogP contribution in [0.3, 0.4) is 0 Å². The number of fused-ring (bicyclic) bond motifs is 1. The second kappa shape index (κ2) is 10.4. The standard InChI is InChI=1S/C25H25N3O4S/c1-3-32-21-13-9-18(10-14-21)23(17-7-11-20(31-2)12-8-17)27-25(30)28-22(29)16-19-6-4-5-15-26-24(19)33-28/h4-14,23H,3,15-16H2,1-2H3,(H,27,30). The zero-order valence-electron chi connectivity index (χ0n) is 18.5. The van der Waals surface area contributed by atoms with Gasteiger partial charge in [-0.25, -0.2) is 4.79 Å². The Bertz CT molecular complexity index is 1110. The Morgan fingerprint density at radius 3 is 2.42 bits per heavy atom. The molecule has 8 heteroatoms. The number of hydrogen-bond acceptors (Lipinski definition) is 6. The van der Waals surface area contributed by atoms with Gasteiger partial charge in [0.05, 0.1) is 32.7 Å². The van der Waals surface area contributed by atoms with E-state index in [0.717, 1.165) is 44.5 Å². The van der Waals surface area contributed by atoms with Gasteiger partial charge >= 0.3 is 6.03 Å². The molecule has 2 aliphatic heterocycles. The number of methoxy groups -OCH3 is 1. The molecule has 4 rings (SSSR count). The topological polar surface area (TPSA) is 80.2 Å². The van der Waals surface area contributed by atoms with Crippen molar-refractivity contribution in [3.05, 3.63) is 83.5 Å². The van der Waals surface area contributed by atoms with Crippen molar-refractivity contribution < 1.29 is 19.1 Å². The summed E-state index contributed by atoms with van der Waals surface area (Å²) >= 11 is 1.07. The molecular formula is C25H25N3O4S. The monoisotopic (exact) mass is 463 g/mol. The molecule has 0 spiro atoms. The quantitative estimate of drug-likeness (QED) is 0.630. The van der Waals surface area contributed by atoms with Gasteiger partial charge in [-0.15, -0.1) is 0 Å². The van der Waals surface area contributed by atoms with Gasteiger partial charge in [0, 0.05) is 11.9 Å². The van der Waals surface area contributed by atoms with Gasteiger partial charge in [0.25, 0.3) is 0 Å². The van der Waals surface area contributed by atoms with Crippen LogP contribution in [-0.2, 0) is 4.79 Å². The second-order valence-electron chi connectivity index (χ2n) is 7.38. The van der Waals surface area contributed by atoms with Crippen molar-refractivity contribution in [3.63, 3.8) is 0 Å². The second-order valence-corrected chi connectivity index (χ2v) is 8.31. The van der Waals surface area contributed by atoms with Crippen LogP contribution in [0.4, 0.5) is 4.79 Å². The summed E-state index contributed by atoms with van der Waals surface area (Å²) in [6.45, 7) is 3.02. The molecule has 1 unspecified atom stereocenters. The lowest BCUT2D eigenvalue weighted by atomic mass is 9.98. The number of nitrogens with one attached hydrogen (secondary N) is 1. The highest BCUT2D eigenvalue weighted by Crippen LogP contribution is 2.31. The Labute approximate surface area is 197 Å². The molecule has 3 amide bonds. The third-order valence-electron chi connectivity index (χ3n) is 5.22. The third-order valence-corrected chi connectivity index (χ3v) is 6.34. The van der Waals surface area contributed by atoms with E-state index in [1.165, 1.54) is 0 Å². The van der Waals surface area contributed by atoms with Crippen molar-refractivity contribution >= 4 is 28.9 Å². The van der Waals surface area contributed by atoms with E-state index in [0.29, 0.717) is 18.2 Å². The molecule has 1 fully saturated rings. The van der Waals surface area contributed by atoms with Crippen molar-refractivity contribution in [1.82, 2.24) is 9.62 Å². The Balaban J connectivity index is 1.59. The van der Waals surface area contributed by atoms with E-state index >= 15 is 0 Å². The highest BCUT2D eigenvalue weighted by atomic mass is 32.2. The van der Waals surface area contributed by atoms with Crippen molar-refractivity contribution in [1.29, 1.82) is 0 Å². The van der Waals surface area contributed by atoms with Crippen LogP contribution in [0.2, 0.25) is 0 Å². The molecule has 2 heterocycles. The van der Waals surface area contributed by atoms with E-state index < -0.39 is 12.1 Å². The van der Waals surface area contributed by atoms with Gasteiger partial charge in [-0.1, -0.05) is 42.5 Å². The van der Waals surface area contributed by atoms with Gasteiger partial charge in [0.1, 0.15) is 16.5 Å². The average Bonchev–Trinajstić information content (AvgIpc) is 3.07. The molecule has 1 N–H and O–H groups in total. The average molecular weight is 464 g/mol. The number of imide groups is 1. The van der Waals surface area contributed by atoms with E-state index in [4.69, 9.17) is 9.47 Å². The summed E-state index contributed by atoms with van der Waals surface area (Å²) in [6.07, 6.45) is 5.83. The Morgan fingerprint density at radius 2 is 1.79 bits per heavy atom. The normalized spacial score (nSPS) is 16.2. The zero-order chi connectivity index (χ0) is 23.2. The van der Waals surface area contributed by atoms with Gasteiger partial charge in [0.15, 0.2) is 0 Å². The van der Waals surface area contributed by atoms with E-state index in [9.17, 15) is 9.59 Å². The smallest absolute Gasteiger partial charge is 0.335 e. The fourth-order valence-corrected chi connectivity index (χ4v) is 4.43. The molecule has 0 bridgehead atoms. The SMILES string of the molecule is CCOc1ccc(C(NC(=O)N2SC3=NCC=CC=C3CC2=O)c2ccc(OC)cc2)cc1. The molecule has 170 valence electrons. The lowest BCUT2D eigenvalue weighted by molar-refractivity contribution is -0.123. The fraction of sp³-hybridized carbons (Fsp3) is 0.240. The summed E-state index contributed by atoms with van der Waals surface area (Å²) in [6, 6.07) is 14.1. The van der Waals surface area contributed by atoms with E-state index in [1.807, 2.05) is 73.7 Å². The van der Waals surface area contributed by atoms with E-state index in [-0.39, 0.29) is 12.3 Å². The maximum Gasteiger partial charge on any atom is 0.335 e. The van der Waals surface area contributed by atoms with E-state index in [1.54, 1.807) is 7.11 Å². The molecule has 1 saturated heterocycles. The first-order valence-corrected chi connectivity index (χ1v) is 11.4. The van der Waals surface area contributed by atoms with Crippen molar-refractivity contribution in [3.8, 4) is 11.5 Å². The summed E-state index contributed by atoms with van der Waals surface area (Å²) in [5.74, 6) is 1.19. The summed E-state index contributed by atoms with van der Waals surface area (Å²) in [5, 5.41) is 3.71. The van der Waals surface area contributed by atoms with Crippen molar-refractivity contribution in [2.75, 3.05) is 20.3 Å². The number of ether oxygens (including phenoxy) is 2. The predicted molar refractivity (Wildman–Crippen MR) is 130 cm³/mol. The maximum atomic E-state index is 13.3. The summed E-state index contributed by atoms with van der Waals surface area (Å²) in [7, 11) is 1.61. The molecule has 33 heavy (non-hydrogen) atoms. The Morgan fingerprint density at radius 1 is 1.12 bits per heavy atom. The fourth-order valence-electron chi connectivity index (χ4n) is 3.56. The minimum absolute atomic E-state index is 0.139. The van der Waals surface area contributed by atoms with Gasteiger partial charge in [-0.05, 0) is 47.9 Å². The van der Waals surface area contributed by atoms with Crippen molar-refractivity contribution in [2.45, 2.75) is 19.4 Å². The van der Waals surface area contributed by atoms with Crippen LogP contribution < -0.4 is 14.8 Å². The summed E-state index contributed by atoms with van der Waals surface area (Å²) in [5.41, 5.74) is 2.56. The van der Waals surface area contributed by atoms with Gasteiger partial charge in [0.2, 0.25) is 5.91 Å². The minimum atomic E-state index is -0.487. The molecule has 1 atom stereocenters. The molecule has 2 aliphatic rings. The maximum absolute atomic E-state index is 13.3. The number of amides is 3. The molecular weight excluding hydrogens is 438 g/mol. The number of urea groups is 1. The molecule has 0 saturated carbocycles. The number of rotatable bonds is 6. The lowest BCUT2D eigenvalue weighted by Crippen LogP contribution is -2.44. The molecule has 2 aromatic rings. The van der Waals surface area contributed by atoms with Gasteiger partial charge in [-0.2, -0.15) is 4.31 Å². The lowest BCUT2D eigenvalue weighted by Gasteiger charge is -2.29. The molecule has 0 aromatic heterocycles. The molecule has 7 nitrogen and oxygen atoms in total. The number of carbonyl (C=O) groups is 2. The van der Waals surface area contributed by atoms with Gasteiger partial charge < -0.3 is 14.8 Å². The van der Waals surface area contributed by atoms with Crippen LogP contribution in [0.25, 0.3) is 0 Å². The number of aliphatic imine (C=N–C) groups is 1. The van der Waals surface area contributed by atoms with Crippen molar-refractivity contribution in [2.24, 2.45) is 4.99 Å². The third kappa shape index (κ3) is 5.28. The minimum Gasteiger partial charge on any atom is -0.497 e. The number of benzene rings is 2. The predicted octanol–water partition coefficient (Wildman–Crippen LogP) is 4.67. The van der Waals surface area contributed by atoms with Crippen LogP contribution >= 0.6 is 11.9 Å². The van der Waals surface area contributed by atoms with Crippen LogP contribution in [0, 0.1) is 0 Å². The van der Waals surface area contributed by atoms with Crippen LogP contribution in [0.5, 0.6) is 11.5 Å². The van der Waals surface area contributed by atoms with Crippen LogP contribution in [0.1, 0.15) is 30.5 Å². The number of allylic oxidation sites excluding steroid dienone is 2. The van der Waals surface area contributed by atoms with E-state index in [2.05, 4.69) is 10.3 Å². The van der Waals surface area contributed by atoms with Crippen LogP contribution in [-0.4, -0.2) is 41.5 Å². The van der Waals surface area contributed by atoms with Crippen LogP contribution in [0.15, 0.2) is 77.3 Å². The largest absolute Gasteiger partial charge is 0.497 e. The Hall–Kier alpha value is -3.52. The highest BCUT2D eigenvalue weighted by molar-refractivity contribution is 8.13. The first-order valence-electron chi connectivity index (χ1n) is 10.7. The number of carbonyl (C=O) groups excluding carboxylic acids is 2. The zero-order valence-corrected chi connectivity index (χ0v) is 19.3. The first-order chi connectivity index (χ1) is 16.1. The van der Waals surface area contributed by atoms with Gasteiger partial charge in [-0.3, -0.25) is 9.79 Å². The molecule has 0 aliphatic carbocycles. The Kier molecular flexibility index (Phi) is 7.14. The molecule has 2 aromatic carbocycles. The summed E-state index contributed by atoms with van der Waals surface area (Å²) < 4.78 is 12.0. The highest BCUT2D eigenvalue weighted by Gasteiger charge is 2.33. The number of hydrogen-bond donors (Lipinski definition) is 1. The molecule has 0 radical (unpaired) electrons. The number of nitrogens with zero attached hydrogens (tertiary/aromatic N) is 2. The first kappa shape index (κ1) is 22.7.